The van der Waals surface area contributed by atoms with Crippen molar-refractivity contribution in [1.29, 1.82) is 0 Å². The monoisotopic (exact) mass is 466 g/mol. The molecule has 1 amide bonds. The number of piperidine rings is 1. The molecule has 1 saturated heterocycles. The first-order valence-corrected chi connectivity index (χ1v) is 11.5. The fourth-order valence-electron chi connectivity index (χ4n) is 4.02. The number of hydrogen-bond donors (Lipinski definition) is 0. The lowest BCUT2D eigenvalue weighted by Gasteiger charge is -2.35. The van der Waals surface area contributed by atoms with Crippen LogP contribution in [-0.2, 0) is 6.54 Å². The molecule has 168 valence electrons. The molecule has 0 N–H and O–H groups in total. The van der Waals surface area contributed by atoms with Gasteiger partial charge in [-0.2, -0.15) is 4.80 Å². The maximum Gasteiger partial charge on any atom is 0.274 e. The Morgan fingerprint density at radius 2 is 1.70 bits per heavy atom. The average molecular weight is 467 g/mol. The van der Waals surface area contributed by atoms with Crippen LogP contribution in [0.2, 0.25) is 0 Å². The number of likely N-dealkylation sites (tertiary alicyclic amines) is 1. The second-order valence-corrected chi connectivity index (χ2v) is 8.71. The third-order valence-corrected chi connectivity index (χ3v) is 6.57. The van der Waals surface area contributed by atoms with Crippen molar-refractivity contribution in [2.75, 3.05) is 6.54 Å². The molecule has 10 heteroatoms. The Morgan fingerprint density at radius 1 is 1.00 bits per heavy atom. The van der Waals surface area contributed by atoms with Crippen molar-refractivity contribution in [2.45, 2.75) is 31.8 Å². The zero-order chi connectivity index (χ0) is 22.8. The number of amides is 1. The Balaban J connectivity index is 1.36. The van der Waals surface area contributed by atoms with Crippen LogP contribution in [0.1, 0.15) is 29.8 Å². The molecule has 5 rings (SSSR count). The van der Waals surface area contributed by atoms with Crippen molar-refractivity contribution in [2.24, 2.45) is 0 Å². The topological polar surface area (TPSA) is 76.8 Å². The highest BCUT2D eigenvalue weighted by Crippen LogP contribution is 2.30. The Hall–Kier alpha value is -3.53. The number of halogens is 2. The fraction of sp³-hybridized carbons (Fsp3) is 0.261. The molecule has 1 atom stereocenters. The first-order chi connectivity index (χ1) is 16.1. The third kappa shape index (κ3) is 4.51. The van der Waals surface area contributed by atoms with E-state index in [-0.39, 0.29) is 23.6 Å². The summed E-state index contributed by atoms with van der Waals surface area (Å²) in [7, 11) is 0. The Labute approximate surface area is 192 Å². The molecular weight excluding hydrogens is 446 g/mol. The molecule has 4 aromatic rings. The number of benzene rings is 2. The van der Waals surface area contributed by atoms with E-state index in [0.29, 0.717) is 30.2 Å². The van der Waals surface area contributed by atoms with Crippen LogP contribution in [0.5, 0.6) is 0 Å². The summed E-state index contributed by atoms with van der Waals surface area (Å²) in [6, 6.07) is 11.9. The van der Waals surface area contributed by atoms with E-state index in [4.69, 9.17) is 0 Å². The Kier molecular flexibility index (Phi) is 5.91. The lowest BCUT2D eigenvalue weighted by atomic mass is 10.0. The number of tetrazole rings is 1. The van der Waals surface area contributed by atoms with Crippen LogP contribution in [0.3, 0.4) is 0 Å². The minimum Gasteiger partial charge on any atom is -0.332 e. The number of nitrogens with zero attached hydrogens (tertiary/aromatic N) is 6. The molecule has 0 radical (unpaired) electrons. The summed E-state index contributed by atoms with van der Waals surface area (Å²) in [6.07, 6.45) is 2.72. The number of rotatable bonds is 5. The predicted molar refractivity (Wildman–Crippen MR) is 119 cm³/mol. The molecule has 0 aliphatic carbocycles. The molecule has 0 bridgehead atoms. The molecule has 1 fully saturated rings. The molecule has 0 unspecified atom stereocenters. The maximum atomic E-state index is 13.5. The highest BCUT2D eigenvalue weighted by atomic mass is 32.1. The van der Waals surface area contributed by atoms with Crippen molar-refractivity contribution in [3.05, 3.63) is 71.4 Å². The number of thiazole rings is 1. The van der Waals surface area contributed by atoms with E-state index in [9.17, 15) is 13.6 Å². The first-order valence-electron chi connectivity index (χ1n) is 10.6. The summed E-state index contributed by atoms with van der Waals surface area (Å²) in [4.78, 5) is 21.8. The lowest BCUT2D eigenvalue weighted by Crippen LogP contribution is -2.46. The van der Waals surface area contributed by atoms with Gasteiger partial charge in [-0.15, -0.1) is 21.5 Å². The zero-order valence-corrected chi connectivity index (χ0v) is 18.4. The third-order valence-electron chi connectivity index (χ3n) is 5.69. The fourth-order valence-corrected chi connectivity index (χ4v) is 4.81. The smallest absolute Gasteiger partial charge is 0.274 e. The van der Waals surface area contributed by atoms with Gasteiger partial charge in [-0.25, -0.2) is 13.8 Å². The second-order valence-electron chi connectivity index (χ2n) is 7.86. The Morgan fingerprint density at radius 3 is 2.42 bits per heavy atom. The average Bonchev–Trinajstić information content (AvgIpc) is 3.50. The van der Waals surface area contributed by atoms with E-state index in [2.05, 4.69) is 20.4 Å². The molecule has 1 aliphatic rings. The van der Waals surface area contributed by atoms with Crippen LogP contribution in [0.15, 0.2) is 54.0 Å². The molecule has 1 aliphatic heterocycles. The van der Waals surface area contributed by atoms with Crippen molar-refractivity contribution >= 4 is 17.2 Å². The highest BCUT2D eigenvalue weighted by molar-refractivity contribution is 7.13. The van der Waals surface area contributed by atoms with Crippen LogP contribution < -0.4 is 0 Å². The minimum atomic E-state index is -0.329. The highest BCUT2D eigenvalue weighted by Gasteiger charge is 2.31. The van der Waals surface area contributed by atoms with Gasteiger partial charge in [-0.1, -0.05) is 12.1 Å². The van der Waals surface area contributed by atoms with Gasteiger partial charge in [0, 0.05) is 12.1 Å². The van der Waals surface area contributed by atoms with Crippen LogP contribution >= 0.6 is 11.3 Å². The standard InChI is InChI=1S/C23H20F2N6OS/c24-17-8-4-15(5-9-17)21-20(26-14-33-21)23(32)30-12-2-1-3-19(30)13-31-28-22(27-29-31)16-6-10-18(25)11-7-16/h4-11,14,19H,1-3,12-13H2/t19-/m0/s1. The van der Waals surface area contributed by atoms with Crippen molar-refractivity contribution in [1.82, 2.24) is 30.1 Å². The molecular formula is C23H20F2N6OS. The minimum absolute atomic E-state index is 0.107. The van der Waals surface area contributed by atoms with Gasteiger partial charge in [0.25, 0.3) is 5.91 Å². The van der Waals surface area contributed by atoms with E-state index in [0.717, 1.165) is 29.7 Å². The molecule has 3 heterocycles. The van der Waals surface area contributed by atoms with E-state index in [1.807, 2.05) is 4.90 Å². The largest absolute Gasteiger partial charge is 0.332 e. The summed E-state index contributed by atoms with van der Waals surface area (Å²) < 4.78 is 26.5. The van der Waals surface area contributed by atoms with Gasteiger partial charge in [-0.3, -0.25) is 4.79 Å². The summed E-state index contributed by atoms with van der Waals surface area (Å²) in [6.45, 7) is 1.01. The number of aromatic nitrogens is 5. The van der Waals surface area contributed by atoms with Crippen molar-refractivity contribution in [3.63, 3.8) is 0 Å². The number of carbonyl (C=O) groups is 1. The predicted octanol–water partition coefficient (Wildman–Crippen LogP) is 4.44. The van der Waals surface area contributed by atoms with E-state index in [1.54, 1.807) is 29.8 Å². The number of hydrogen-bond acceptors (Lipinski definition) is 6. The summed E-state index contributed by atoms with van der Waals surface area (Å²) >= 11 is 1.36. The Bertz CT molecular complexity index is 1250. The maximum absolute atomic E-state index is 13.5. The summed E-state index contributed by atoms with van der Waals surface area (Å²) in [5.74, 6) is -0.405. The van der Waals surface area contributed by atoms with Crippen LogP contribution in [0.25, 0.3) is 21.8 Å². The molecule has 33 heavy (non-hydrogen) atoms. The van der Waals surface area contributed by atoms with Crippen LogP contribution in [-0.4, -0.2) is 48.6 Å². The summed E-state index contributed by atoms with van der Waals surface area (Å²) in [5, 5.41) is 12.6. The van der Waals surface area contributed by atoms with Gasteiger partial charge in [0.1, 0.15) is 17.3 Å². The lowest BCUT2D eigenvalue weighted by molar-refractivity contribution is 0.0572. The van der Waals surface area contributed by atoms with E-state index < -0.39 is 0 Å². The van der Waals surface area contributed by atoms with Crippen molar-refractivity contribution < 1.29 is 13.6 Å². The van der Waals surface area contributed by atoms with Gasteiger partial charge in [0.2, 0.25) is 5.82 Å². The molecule has 0 spiro atoms. The van der Waals surface area contributed by atoms with Gasteiger partial charge in [0.15, 0.2) is 0 Å². The van der Waals surface area contributed by atoms with E-state index >= 15 is 0 Å². The zero-order valence-electron chi connectivity index (χ0n) is 17.6. The van der Waals surface area contributed by atoms with Gasteiger partial charge in [0.05, 0.1) is 23.0 Å². The molecule has 7 nitrogen and oxygen atoms in total. The van der Waals surface area contributed by atoms with E-state index in [1.165, 1.54) is 40.4 Å². The first kappa shape index (κ1) is 21.3. The van der Waals surface area contributed by atoms with Gasteiger partial charge >= 0.3 is 0 Å². The van der Waals surface area contributed by atoms with Gasteiger partial charge in [-0.05, 0) is 66.4 Å². The SMILES string of the molecule is O=C(c1ncsc1-c1ccc(F)cc1)N1CCCC[C@H]1Cn1nnc(-c2ccc(F)cc2)n1. The normalized spacial score (nSPS) is 16.2. The van der Waals surface area contributed by atoms with Gasteiger partial charge < -0.3 is 4.90 Å². The molecule has 0 saturated carbocycles. The second kappa shape index (κ2) is 9.14. The quantitative estimate of drug-likeness (QED) is 0.435. The molecule has 2 aromatic heterocycles. The molecule has 2 aromatic carbocycles. The summed E-state index contributed by atoms with van der Waals surface area (Å²) in [5.41, 5.74) is 3.44. The van der Waals surface area contributed by atoms with Crippen LogP contribution in [0.4, 0.5) is 8.78 Å². The van der Waals surface area contributed by atoms with Crippen molar-refractivity contribution in [3.8, 4) is 21.8 Å². The van der Waals surface area contributed by atoms with Crippen LogP contribution in [0, 0.1) is 11.6 Å². The number of carbonyl (C=O) groups excluding carboxylic acids is 1.